The second-order valence-corrected chi connectivity index (χ2v) is 5.56. The van der Waals surface area contributed by atoms with Crippen molar-refractivity contribution in [2.45, 2.75) is 18.8 Å². The number of benzene rings is 1. The summed E-state index contributed by atoms with van der Waals surface area (Å²) < 4.78 is 6.37. The molecule has 4 rings (SSSR count). The van der Waals surface area contributed by atoms with E-state index in [2.05, 4.69) is 37.1 Å². The van der Waals surface area contributed by atoms with Crippen LogP contribution < -0.4 is 0 Å². The van der Waals surface area contributed by atoms with E-state index in [0.29, 0.717) is 11.8 Å². The summed E-state index contributed by atoms with van der Waals surface area (Å²) in [5, 5.41) is 5.16. The van der Waals surface area contributed by atoms with Gasteiger partial charge in [0.15, 0.2) is 5.82 Å². The highest BCUT2D eigenvalue weighted by atomic mass is 79.9. The second kappa shape index (κ2) is 3.68. The zero-order chi connectivity index (χ0) is 12.1. The van der Waals surface area contributed by atoms with Crippen LogP contribution in [0.25, 0.3) is 22.5 Å². The molecule has 0 unspecified atom stereocenters. The Hall–Kier alpha value is -1.62. The fourth-order valence-electron chi connectivity index (χ4n) is 2.07. The minimum atomic E-state index is 0.515. The lowest BCUT2D eigenvalue weighted by molar-refractivity contribution is 0.422. The van der Waals surface area contributed by atoms with E-state index >= 15 is 0 Å². The van der Waals surface area contributed by atoms with Crippen molar-refractivity contribution in [3.05, 3.63) is 34.6 Å². The summed E-state index contributed by atoms with van der Waals surface area (Å²) in [7, 11) is 0. The molecule has 2 heterocycles. The van der Waals surface area contributed by atoms with Crippen molar-refractivity contribution in [3.63, 3.8) is 0 Å². The lowest BCUT2D eigenvalue weighted by Gasteiger charge is -1.89. The summed E-state index contributed by atoms with van der Waals surface area (Å²) in [4.78, 5) is 7.73. The zero-order valence-electron chi connectivity index (χ0n) is 9.48. The maximum Gasteiger partial charge on any atom is 0.274 e. The van der Waals surface area contributed by atoms with Crippen LogP contribution in [-0.2, 0) is 0 Å². The molecule has 0 bridgehead atoms. The van der Waals surface area contributed by atoms with E-state index in [4.69, 9.17) is 4.52 Å². The zero-order valence-corrected chi connectivity index (χ0v) is 11.1. The van der Waals surface area contributed by atoms with E-state index in [1.54, 1.807) is 0 Å². The van der Waals surface area contributed by atoms with Gasteiger partial charge in [-0.25, -0.2) is 0 Å². The molecular formula is C13H10BrN3O. The summed E-state index contributed by atoms with van der Waals surface area (Å²) in [5.41, 5.74) is 1.95. The molecule has 5 heteroatoms. The van der Waals surface area contributed by atoms with Crippen LogP contribution in [0.3, 0.4) is 0 Å². The molecule has 18 heavy (non-hydrogen) atoms. The number of nitrogens with zero attached hydrogens (tertiary/aromatic N) is 2. The molecule has 1 aliphatic rings. The highest BCUT2D eigenvalue weighted by Gasteiger charge is 2.29. The summed E-state index contributed by atoms with van der Waals surface area (Å²) >= 11 is 3.46. The van der Waals surface area contributed by atoms with Gasteiger partial charge < -0.3 is 9.51 Å². The van der Waals surface area contributed by atoms with Gasteiger partial charge in [0.2, 0.25) is 0 Å². The highest BCUT2D eigenvalue weighted by molar-refractivity contribution is 9.10. The Kier molecular flexibility index (Phi) is 2.11. The predicted octanol–water partition coefficient (Wildman–Crippen LogP) is 3.86. The molecule has 90 valence electrons. The fourth-order valence-corrected chi connectivity index (χ4v) is 2.45. The summed E-state index contributed by atoms with van der Waals surface area (Å²) in [6.45, 7) is 0. The van der Waals surface area contributed by atoms with Crippen LogP contribution in [-0.4, -0.2) is 15.1 Å². The molecule has 0 atom stereocenters. The highest BCUT2D eigenvalue weighted by Crippen LogP contribution is 2.39. The van der Waals surface area contributed by atoms with Crippen LogP contribution in [0.15, 0.2) is 33.3 Å². The Morgan fingerprint density at radius 1 is 1.28 bits per heavy atom. The molecule has 0 radical (unpaired) electrons. The van der Waals surface area contributed by atoms with E-state index in [1.165, 1.54) is 12.8 Å². The number of H-pyrrole nitrogens is 1. The van der Waals surface area contributed by atoms with Gasteiger partial charge in [-0.15, -0.1) is 0 Å². The summed E-state index contributed by atoms with van der Waals surface area (Å²) in [6.07, 6.45) is 2.36. The molecule has 1 saturated carbocycles. The summed E-state index contributed by atoms with van der Waals surface area (Å²) in [5.74, 6) is 1.93. The van der Waals surface area contributed by atoms with Crippen molar-refractivity contribution in [1.29, 1.82) is 0 Å². The minimum Gasteiger partial charge on any atom is -0.351 e. The quantitative estimate of drug-likeness (QED) is 0.782. The van der Waals surface area contributed by atoms with Gasteiger partial charge >= 0.3 is 0 Å². The Bertz CT molecular complexity index is 727. The van der Waals surface area contributed by atoms with Crippen molar-refractivity contribution in [1.82, 2.24) is 15.1 Å². The van der Waals surface area contributed by atoms with Gasteiger partial charge in [0.05, 0.1) is 0 Å². The third kappa shape index (κ3) is 1.66. The van der Waals surface area contributed by atoms with E-state index in [-0.39, 0.29) is 0 Å². The second-order valence-electron chi connectivity index (χ2n) is 4.65. The molecule has 3 aromatic rings. The lowest BCUT2D eigenvalue weighted by Crippen LogP contribution is -1.81. The van der Waals surface area contributed by atoms with E-state index < -0.39 is 0 Å². The van der Waals surface area contributed by atoms with Gasteiger partial charge in [-0.3, -0.25) is 0 Å². The normalized spacial score (nSPS) is 15.4. The first-order valence-electron chi connectivity index (χ1n) is 5.92. The molecule has 1 N–H and O–H groups in total. The maximum absolute atomic E-state index is 5.31. The first-order chi connectivity index (χ1) is 8.79. The lowest BCUT2D eigenvalue weighted by atomic mass is 10.2. The van der Waals surface area contributed by atoms with Crippen molar-refractivity contribution < 1.29 is 4.52 Å². The molecule has 0 aliphatic heterocycles. The number of rotatable bonds is 2. The molecule has 2 aromatic heterocycles. The SMILES string of the molecule is Brc1ccc2[nH]c(-c3nc(C4CC4)no3)cc2c1. The number of halogens is 1. The van der Waals surface area contributed by atoms with Crippen LogP contribution >= 0.6 is 15.9 Å². The monoisotopic (exact) mass is 303 g/mol. The van der Waals surface area contributed by atoms with Gasteiger partial charge in [-0.1, -0.05) is 21.1 Å². The number of aromatic nitrogens is 3. The fraction of sp³-hybridized carbons (Fsp3) is 0.231. The number of hydrogen-bond donors (Lipinski definition) is 1. The molecule has 1 fully saturated rings. The Labute approximate surface area is 112 Å². The smallest absolute Gasteiger partial charge is 0.274 e. The van der Waals surface area contributed by atoms with Gasteiger partial charge in [-0.2, -0.15) is 4.98 Å². The number of hydrogen-bond acceptors (Lipinski definition) is 3. The van der Waals surface area contributed by atoms with Gasteiger partial charge in [0, 0.05) is 21.3 Å². The van der Waals surface area contributed by atoms with Gasteiger partial charge in [0.25, 0.3) is 5.89 Å². The van der Waals surface area contributed by atoms with Gasteiger partial charge in [-0.05, 0) is 37.1 Å². The van der Waals surface area contributed by atoms with Crippen LogP contribution in [0.1, 0.15) is 24.6 Å². The largest absolute Gasteiger partial charge is 0.351 e. The van der Waals surface area contributed by atoms with Crippen molar-refractivity contribution in [2.24, 2.45) is 0 Å². The molecule has 4 nitrogen and oxygen atoms in total. The molecule has 1 aliphatic carbocycles. The summed E-state index contributed by atoms with van der Waals surface area (Å²) in [6, 6.07) is 8.13. The number of aromatic amines is 1. The van der Waals surface area contributed by atoms with Crippen LogP contribution in [0.4, 0.5) is 0 Å². The van der Waals surface area contributed by atoms with Crippen LogP contribution in [0.2, 0.25) is 0 Å². The molecule has 0 amide bonds. The average Bonchev–Trinajstić information content (AvgIpc) is 2.95. The maximum atomic E-state index is 5.31. The van der Waals surface area contributed by atoms with Crippen molar-refractivity contribution >= 4 is 26.8 Å². The molecule has 0 spiro atoms. The molecule has 1 aromatic carbocycles. The third-order valence-corrected chi connectivity index (χ3v) is 3.69. The topological polar surface area (TPSA) is 54.7 Å². The molecular weight excluding hydrogens is 294 g/mol. The number of fused-ring (bicyclic) bond motifs is 1. The predicted molar refractivity (Wildman–Crippen MR) is 71.3 cm³/mol. The van der Waals surface area contributed by atoms with E-state index in [9.17, 15) is 0 Å². The number of nitrogens with one attached hydrogen (secondary N) is 1. The first kappa shape index (κ1) is 10.3. The van der Waals surface area contributed by atoms with E-state index in [1.807, 2.05) is 18.2 Å². The standard InChI is InChI=1S/C13H10BrN3O/c14-9-3-4-10-8(5-9)6-11(15-10)13-16-12(17-18-13)7-1-2-7/h3-7,15H,1-2H2. The third-order valence-electron chi connectivity index (χ3n) is 3.20. The first-order valence-corrected chi connectivity index (χ1v) is 6.71. The molecule has 0 saturated heterocycles. The van der Waals surface area contributed by atoms with Gasteiger partial charge in [0.1, 0.15) is 5.69 Å². The Morgan fingerprint density at radius 3 is 3.00 bits per heavy atom. The van der Waals surface area contributed by atoms with Crippen LogP contribution in [0, 0.1) is 0 Å². The Morgan fingerprint density at radius 2 is 2.17 bits per heavy atom. The average molecular weight is 304 g/mol. The van der Waals surface area contributed by atoms with E-state index in [0.717, 1.165) is 26.9 Å². The minimum absolute atomic E-state index is 0.515. The van der Waals surface area contributed by atoms with Crippen molar-refractivity contribution in [3.8, 4) is 11.6 Å². The van der Waals surface area contributed by atoms with Crippen molar-refractivity contribution in [2.75, 3.05) is 0 Å². The Balaban J connectivity index is 1.80. The van der Waals surface area contributed by atoms with Crippen LogP contribution in [0.5, 0.6) is 0 Å².